The molecule has 0 atom stereocenters. The zero-order valence-electron chi connectivity index (χ0n) is 15.0. The number of methoxy groups -OCH3 is 1. The van der Waals surface area contributed by atoms with E-state index in [0.717, 1.165) is 0 Å². The van der Waals surface area contributed by atoms with E-state index in [1.807, 2.05) is 0 Å². The van der Waals surface area contributed by atoms with E-state index in [0.29, 0.717) is 32.5 Å². The molecule has 2 N–H and O–H groups in total. The van der Waals surface area contributed by atoms with Gasteiger partial charge in [0.2, 0.25) is 5.88 Å². The molecule has 2 aromatic carbocycles. The Balaban J connectivity index is 1.70. The molecule has 0 saturated carbocycles. The number of halogens is 2. The number of hydrogen-bond acceptors (Lipinski definition) is 4. The number of aromatic nitrogens is 2. The third-order valence-electron chi connectivity index (χ3n) is 3.81. The lowest BCUT2D eigenvalue weighted by molar-refractivity contribution is 0.101. The van der Waals surface area contributed by atoms with Crippen LogP contribution in [0.3, 0.4) is 0 Å². The average Bonchev–Trinajstić information content (AvgIpc) is 3.06. The molecule has 3 aromatic rings. The maximum atomic E-state index is 12.4. The molecule has 7 nitrogen and oxygen atoms in total. The topological polar surface area (TPSA) is 85.2 Å². The summed E-state index contributed by atoms with van der Waals surface area (Å²) < 4.78 is 6.57. The molecule has 0 aliphatic rings. The van der Waals surface area contributed by atoms with E-state index in [1.165, 1.54) is 11.8 Å². The summed E-state index contributed by atoms with van der Waals surface area (Å²) in [6, 6.07) is 11.2. The molecule has 2 amide bonds. The Bertz CT molecular complexity index is 1030. The third-order valence-corrected chi connectivity index (χ3v) is 4.38. The van der Waals surface area contributed by atoms with Crippen LogP contribution in [0.5, 0.6) is 5.88 Å². The highest BCUT2D eigenvalue weighted by Gasteiger charge is 2.17. The highest BCUT2D eigenvalue weighted by Crippen LogP contribution is 2.26. The quantitative estimate of drug-likeness (QED) is 0.648. The van der Waals surface area contributed by atoms with Gasteiger partial charge in [-0.05, 0) is 42.5 Å². The van der Waals surface area contributed by atoms with E-state index in [2.05, 4.69) is 15.7 Å². The molecule has 1 heterocycles. The van der Waals surface area contributed by atoms with Crippen molar-refractivity contribution in [3.63, 3.8) is 0 Å². The largest absolute Gasteiger partial charge is 0.479 e. The normalized spacial score (nSPS) is 10.4. The molecule has 28 heavy (non-hydrogen) atoms. The monoisotopic (exact) mass is 418 g/mol. The number of carbonyl (C=O) groups excluding carboxylic acids is 2. The average molecular weight is 419 g/mol. The van der Waals surface area contributed by atoms with Gasteiger partial charge in [0, 0.05) is 29.5 Å². The minimum Gasteiger partial charge on any atom is -0.479 e. The second kappa shape index (κ2) is 8.33. The summed E-state index contributed by atoms with van der Waals surface area (Å²) in [4.78, 5) is 24.8. The number of nitrogens with zero attached hydrogens (tertiary/aromatic N) is 2. The second-order valence-electron chi connectivity index (χ2n) is 5.84. The Labute approximate surface area is 171 Å². The van der Waals surface area contributed by atoms with Crippen LogP contribution in [0, 0.1) is 0 Å². The molecule has 0 saturated heterocycles. The summed E-state index contributed by atoms with van der Waals surface area (Å²) in [6.07, 6.45) is 1.56. The minimum absolute atomic E-state index is 0.231. The first-order valence-corrected chi connectivity index (χ1v) is 8.88. The maximum absolute atomic E-state index is 12.4. The number of ether oxygens (including phenoxy) is 1. The molecule has 3 rings (SSSR count). The van der Waals surface area contributed by atoms with E-state index in [1.54, 1.807) is 55.7 Å². The Morgan fingerprint density at radius 3 is 2.43 bits per heavy atom. The SMILES string of the molecule is COc1nn(C)cc1C(=O)Nc1ccc(C(=O)Nc2cc(Cl)ccc2Cl)cc1. The molecule has 144 valence electrons. The molecule has 9 heteroatoms. The van der Waals surface area contributed by atoms with Gasteiger partial charge in [0.25, 0.3) is 11.8 Å². The smallest absolute Gasteiger partial charge is 0.262 e. The van der Waals surface area contributed by atoms with Gasteiger partial charge in [0.1, 0.15) is 5.56 Å². The van der Waals surface area contributed by atoms with Gasteiger partial charge in [0.05, 0.1) is 17.8 Å². The molecule has 1 aromatic heterocycles. The van der Waals surface area contributed by atoms with Crippen molar-refractivity contribution in [3.8, 4) is 5.88 Å². The zero-order valence-corrected chi connectivity index (χ0v) is 16.5. The fraction of sp³-hybridized carbons (Fsp3) is 0.105. The van der Waals surface area contributed by atoms with E-state index in [-0.39, 0.29) is 17.7 Å². The van der Waals surface area contributed by atoms with Crippen molar-refractivity contribution in [2.45, 2.75) is 0 Å². The van der Waals surface area contributed by atoms with Crippen LogP contribution in [0.2, 0.25) is 10.0 Å². The maximum Gasteiger partial charge on any atom is 0.262 e. The number of rotatable bonds is 5. The summed E-state index contributed by atoms with van der Waals surface area (Å²) in [5.74, 6) is -0.488. The first kappa shape index (κ1) is 19.7. The van der Waals surface area contributed by atoms with Gasteiger partial charge < -0.3 is 15.4 Å². The predicted octanol–water partition coefficient (Wildman–Crippen LogP) is 4.24. The molecule has 0 spiro atoms. The third kappa shape index (κ3) is 4.44. The molecule has 0 radical (unpaired) electrons. The van der Waals surface area contributed by atoms with Gasteiger partial charge in [-0.3, -0.25) is 14.3 Å². The van der Waals surface area contributed by atoms with Crippen LogP contribution in [0.4, 0.5) is 11.4 Å². The van der Waals surface area contributed by atoms with E-state index in [9.17, 15) is 9.59 Å². The number of carbonyl (C=O) groups is 2. The number of amides is 2. The van der Waals surface area contributed by atoms with Gasteiger partial charge in [-0.2, -0.15) is 0 Å². The fourth-order valence-corrected chi connectivity index (χ4v) is 2.80. The van der Waals surface area contributed by atoms with Crippen LogP contribution in [0.15, 0.2) is 48.7 Å². The summed E-state index contributed by atoms with van der Waals surface area (Å²) in [7, 11) is 3.14. The number of benzene rings is 2. The summed E-state index contributed by atoms with van der Waals surface area (Å²) in [6.45, 7) is 0. The zero-order chi connectivity index (χ0) is 20.3. The second-order valence-corrected chi connectivity index (χ2v) is 6.68. The summed E-state index contributed by atoms with van der Waals surface area (Å²) >= 11 is 12.0. The molecule has 0 bridgehead atoms. The van der Waals surface area contributed by atoms with Gasteiger partial charge in [0.15, 0.2) is 0 Å². The number of nitrogens with one attached hydrogen (secondary N) is 2. The molecular weight excluding hydrogens is 403 g/mol. The summed E-state index contributed by atoms with van der Waals surface area (Å²) in [5, 5.41) is 10.3. The molecular formula is C19H16Cl2N4O3. The lowest BCUT2D eigenvalue weighted by Crippen LogP contribution is -2.14. The number of aryl methyl sites for hydroxylation is 1. The highest BCUT2D eigenvalue weighted by molar-refractivity contribution is 6.35. The Morgan fingerprint density at radius 1 is 1.04 bits per heavy atom. The molecule has 0 fully saturated rings. The van der Waals surface area contributed by atoms with Gasteiger partial charge >= 0.3 is 0 Å². The van der Waals surface area contributed by atoms with Gasteiger partial charge in [-0.15, -0.1) is 5.10 Å². The van der Waals surface area contributed by atoms with Crippen LogP contribution >= 0.6 is 23.2 Å². The minimum atomic E-state index is -0.368. The van der Waals surface area contributed by atoms with Crippen LogP contribution < -0.4 is 15.4 Å². The lowest BCUT2D eigenvalue weighted by atomic mass is 10.2. The van der Waals surface area contributed by atoms with Crippen LogP contribution in [-0.4, -0.2) is 28.7 Å². The standard InChI is InChI=1S/C19H16Cl2N4O3/c1-25-10-14(19(24-25)28-2)18(27)22-13-6-3-11(4-7-13)17(26)23-16-9-12(20)5-8-15(16)21/h3-10H,1-2H3,(H,22,27)(H,23,26). The molecule has 0 unspecified atom stereocenters. The first-order valence-electron chi connectivity index (χ1n) is 8.13. The highest BCUT2D eigenvalue weighted by atomic mass is 35.5. The van der Waals surface area contributed by atoms with Crippen molar-refractivity contribution in [2.75, 3.05) is 17.7 Å². The van der Waals surface area contributed by atoms with Crippen molar-refractivity contribution in [2.24, 2.45) is 7.05 Å². The van der Waals surface area contributed by atoms with E-state index in [4.69, 9.17) is 27.9 Å². The first-order chi connectivity index (χ1) is 13.4. The van der Waals surface area contributed by atoms with Crippen LogP contribution in [0.25, 0.3) is 0 Å². The van der Waals surface area contributed by atoms with E-state index < -0.39 is 0 Å². The van der Waals surface area contributed by atoms with Gasteiger partial charge in [-0.25, -0.2) is 0 Å². The van der Waals surface area contributed by atoms with E-state index >= 15 is 0 Å². The Hall–Kier alpha value is -3.03. The number of anilines is 2. The molecule has 0 aliphatic carbocycles. The summed E-state index contributed by atoms with van der Waals surface area (Å²) in [5.41, 5.74) is 1.64. The van der Waals surface area contributed by atoms with Gasteiger partial charge in [-0.1, -0.05) is 23.2 Å². The number of hydrogen-bond donors (Lipinski definition) is 2. The molecule has 0 aliphatic heterocycles. The Morgan fingerprint density at radius 2 is 1.75 bits per heavy atom. The van der Waals surface area contributed by atoms with Crippen molar-refractivity contribution >= 4 is 46.4 Å². The van der Waals surface area contributed by atoms with Crippen LogP contribution in [0.1, 0.15) is 20.7 Å². The van der Waals surface area contributed by atoms with Crippen LogP contribution in [-0.2, 0) is 7.05 Å². The lowest BCUT2D eigenvalue weighted by Gasteiger charge is -2.09. The Kier molecular flexibility index (Phi) is 5.87. The van der Waals surface area contributed by atoms with Crippen molar-refractivity contribution < 1.29 is 14.3 Å². The predicted molar refractivity (Wildman–Crippen MR) is 109 cm³/mol. The van der Waals surface area contributed by atoms with Crippen molar-refractivity contribution in [3.05, 3.63) is 69.8 Å². The van der Waals surface area contributed by atoms with Crippen molar-refractivity contribution in [1.82, 2.24) is 9.78 Å². The van der Waals surface area contributed by atoms with Crippen molar-refractivity contribution in [1.29, 1.82) is 0 Å². The fourth-order valence-electron chi connectivity index (χ4n) is 2.47.